The summed E-state index contributed by atoms with van der Waals surface area (Å²) in [5.41, 5.74) is 2.99. The van der Waals surface area contributed by atoms with Crippen LogP contribution in [-0.4, -0.2) is 12.5 Å². The number of hydrogen-bond acceptors (Lipinski definition) is 1. The van der Waals surface area contributed by atoms with Crippen LogP contribution in [0.3, 0.4) is 0 Å². The topological polar surface area (TPSA) is 45.7 Å². The number of carbonyl (C=O) groups is 1. The lowest BCUT2D eigenvalue weighted by molar-refractivity contribution is -0.692. The molecule has 0 heterocycles. The molecule has 0 aliphatic heterocycles. The van der Waals surface area contributed by atoms with Crippen LogP contribution < -0.4 is 10.6 Å². The van der Waals surface area contributed by atoms with E-state index in [1.165, 1.54) is 12.1 Å². The summed E-state index contributed by atoms with van der Waals surface area (Å²) in [4.78, 5) is 12.1. The van der Waals surface area contributed by atoms with Crippen molar-refractivity contribution in [3.63, 3.8) is 0 Å². The summed E-state index contributed by atoms with van der Waals surface area (Å²) in [6, 6.07) is 14.3. The summed E-state index contributed by atoms with van der Waals surface area (Å²) in [5, 5.41) is 4.90. The fraction of sp³-hybridized carbons (Fsp3) is 0.316. The molecule has 23 heavy (non-hydrogen) atoms. The van der Waals surface area contributed by atoms with E-state index in [2.05, 4.69) is 19.2 Å². The van der Waals surface area contributed by atoms with Gasteiger partial charge in [-0.05, 0) is 31.2 Å². The lowest BCUT2D eigenvalue weighted by Gasteiger charge is -2.19. The summed E-state index contributed by atoms with van der Waals surface area (Å²) in [7, 11) is 0. The van der Waals surface area contributed by atoms with Crippen LogP contribution in [0.25, 0.3) is 0 Å². The third kappa shape index (κ3) is 5.18. The molecule has 0 saturated heterocycles. The molecule has 2 aromatic carbocycles. The Morgan fingerprint density at radius 1 is 1.09 bits per heavy atom. The van der Waals surface area contributed by atoms with E-state index in [4.69, 9.17) is 0 Å². The molecule has 2 aromatic rings. The molecule has 0 fully saturated rings. The highest BCUT2D eigenvalue weighted by Crippen LogP contribution is 2.17. The Labute approximate surface area is 136 Å². The number of aryl methyl sites for hydroxylation is 1. The number of benzene rings is 2. The average Bonchev–Trinajstić information content (AvgIpc) is 2.51. The number of anilines is 1. The lowest BCUT2D eigenvalue weighted by Crippen LogP contribution is -2.88. The Morgan fingerprint density at radius 3 is 2.26 bits per heavy atom. The average molecular weight is 315 g/mol. The number of hydrogen-bond donors (Lipinski definition) is 2. The van der Waals surface area contributed by atoms with E-state index in [-0.39, 0.29) is 17.8 Å². The highest BCUT2D eigenvalue weighted by atomic mass is 19.1. The molecule has 1 atom stereocenters. The minimum absolute atomic E-state index is 0.0402. The highest BCUT2D eigenvalue weighted by molar-refractivity contribution is 5.91. The molecular formula is C19H24FN2O+. The molecule has 2 rings (SSSR count). The van der Waals surface area contributed by atoms with Crippen molar-refractivity contribution >= 4 is 11.6 Å². The predicted molar refractivity (Wildman–Crippen MR) is 90.6 cm³/mol. The first kappa shape index (κ1) is 17.2. The van der Waals surface area contributed by atoms with E-state index in [0.717, 1.165) is 16.8 Å². The number of quaternary nitrogens is 1. The molecule has 1 amide bonds. The van der Waals surface area contributed by atoms with Crippen molar-refractivity contribution in [2.24, 2.45) is 5.92 Å². The number of carbonyl (C=O) groups excluding carboxylic acids is 1. The molecule has 4 heteroatoms. The molecule has 122 valence electrons. The Morgan fingerprint density at radius 2 is 1.70 bits per heavy atom. The Balaban J connectivity index is 1.94. The molecule has 0 saturated carbocycles. The Kier molecular flexibility index (Phi) is 5.88. The van der Waals surface area contributed by atoms with E-state index in [1.54, 1.807) is 12.1 Å². The third-order valence-corrected chi connectivity index (χ3v) is 3.87. The molecule has 0 aliphatic rings. The van der Waals surface area contributed by atoms with Gasteiger partial charge in [-0.25, -0.2) is 4.39 Å². The van der Waals surface area contributed by atoms with Crippen LogP contribution in [0.2, 0.25) is 0 Å². The van der Waals surface area contributed by atoms with E-state index in [1.807, 2.05) is 36.5 Å². The van der Waals surface area contributed by atoms with Gasteiger partial charge in [0.05, 0.1) is 0 Å². The normalized spacial score (nSPS) is 12.2. The second kappa shape index (κ2) is 7.88. The van der Waals surface area contributed by atoms with Crippen molar-refractivity contribution in [1.29, 1.82) is 0 Å². The molecule has 3 N–H and O–H groups in total. The van der Waals surface area contributed by atoms with E-state index >= 15 is 0 Å². The highest BCUT2D eigenvalue weighted by Gasteiger charge is 2.20. The summed E-state index contributed by atoms with van der Waals surface area (Å²) in [6.45, 7) is 6.54. The van der Waals surface area contributed by atoms with Gasteiger partial charge in [0.25, 0.3) is 5.91 Å². The van der Waals surface area contributed by atoms with Crippen molar-refractivity contribution in [3.8, 4) is 0 Å². The monoisotopic (exact) mass is 315 g/mol. The van der Waals surface area contributed by atoms with Gasteiger partial charge in [-0.2, -0.15) is 0 Å². The number of halogens is 1. The molecule has 0 bridgehead atoms. The standard InChI is InChI=1S/C19H23FN2O/c1-13(2)19(15-6-8-16(20)9-7-15)21-12-18(23)22-17-10-4-14(3)5-11-17/h4-11,13,19,21H,12H2,1-3H3,(H,22,23)/p+1/t19-/m1/s1. The van der Waals surface area contributed by atoms with Gasteiger partial charge in [-0.3, -0.25) is 4.79 Å². The second-order valence-electron chi connectivity index (χ2n) is 6.18. The van der Waals surface area contributed by atoms with Gasteiger partial charge < -0.3 is 10.6 Å². The van der Waals surface area contributed by atoms with Crippen LogP contribution in [-0.2, 0) is 4.79 Å². The largest absolute Gasteiger partial charge is 0.332 e. The number of rotatable bonds is 6. The summed E-state index contributed by atoms with van der Waals surface area (Å²) in [5.74, 6) is 0.0580. The maximum Gasteiger partial charge on any atom is 0.279 e. The maximum atomic E-state index is 13.1. The number of nitrogens with one attached hydrogen (secondary N) is 1. The van der Waals surface area contributed by atoms with Gasteiger partial charge in [0, 0.05) is 17.2 Å². The summed E-state index contributed by atoms with van der Waals surface area (Å²) >= 11 is 0. The second-order valence-corrected chi connectivity index (χ2v) is 6.18. The minimum atomic E-state index is -0.242. The molecule has 0 unspecified atom stereocenters. The van der Waals surface area contributed by atoms with Crippen LogP contribution >= 0.6 is 0 Å². The lowest BCUT2D eigenvalue weighted by atomic mass is 9.96. The van der Waals surface area contributed by atoms with Crippen LogP contribution in [0.5, 0.6) is 0 Å². The zero-order chi connectivity index (χ0) is 16.8. The minimum Gasteiger partial charge on any atom is -0.332 e. The van der Waals surface area contributed by atoms with Gasteiger partial charge in [0.15, 0.2) is 6.54 Å². The van der Waals surface area contributed by atoms with E-state index in [9.17, 15) is 9.18 Å². The number of nitrogens with two attached hydrogens (primary N) is 1. The van der Waals surface area contributed by atoms with Gasteiger partial charge in [-0.15, -0.1) is 0 Å². The van der Waals surface area contributed by atoms with Gasteiger partial charge in [0.1, 0.15) is 11.9 Å². The first-order valence-electron chi connectivity index (χ1n) is 7.91. The van der Waals surface area contributed by atoms with Crippen molar-refractivity contribution in [1.82, 2.24) is 0 Å². The predicted octanol–water partition coefficient (Wildman–Crippen LogP) is 3.03. The quantitative estimate of drug-likeness (QED) is 0.845. The zero-order valence-electron chi connectivity index (χ0n) is 13.8. The molecule has 0 radical (unpaired) electrons. The smallest absolute Gasteiger partial charge is 0.279 e. The molecule has 0 spiro atoms. The van der Waals surface area contributed by atoms with Crippen molar-refractivity contribution in [2.75, 3.05) is 11.9 Å². The van der Waals surface area contributed by atoms with Crippen molar-refractivity contribution < 1.29 is 14.5 Å². The van der Waals surface area contributed by atoms with E-state index in [0.29, 0.717) is 12.5 Å². The maximum absolute atomic E-state index is 13.1. The molecular weight excluding hydrogens is 291 g/mol. The van der Waals surface area contributed by atoms with Gasteiger partial charge >= 0.3 is 0 Å². The third-order valence-electron chi connectivity index (χ3n) is 3.87. The molecule has 0 aromatic heterocycles. The van der Waals surface area contributed by atoms with E-state index < -0.39 is 0 Å². The zero-order valence-corrected chi connectivity index (χ0v) is 13.8. The van der Waals surface area contributed by atoms with Crippen molar-refractivity contribution in [3.05, 3.63) is 65.5 Å². The number of amides is 1. The molecule has 3 nitrogen and oxygen atoms in total. The van der Waals surface area contributed by atoms with Gasteiger partial charge in [0.2, 0.25) is 0 Å². The molecule has 0 aliphatic carbocycles. The Bertz CT molecular complexity index is 635. The fourth-order valence-electron chi connectivity index (χ4n) is 2.56. The van der Waals surface area contributed by atoms with Gasteiger partial charge in [-0.1, -0.05) is 43.7 Å². The first-order chi connectivity index (χ1) is 11.0. The summed E-state index contributed by atoms with van der Waals surface area (Å²) in [6.07, 6.45) is 0. The van der Waals surface area contributed by atoms with Crippen LogP contribution in [0, 0.1) is 18.7 Å². The fourth-order valence-corrected chi connectivity index (χ4v) is 2.56. The van der Waals surface area contributed by atoms with Crippen molar-refractivity contribution in [2.45, 2.75) is 26.8 Å². The Hall–Kier alpha value is -2.20. The first-order valence-corrected chi connectivity index (χ1v) is 7.91. The van der Waals surface area contributed by atoms with Crippen LogP contribution in [0.15, 0.2) is 48.5 Å². The van der Waals surface area contributed by atoms with Crippen LogP contribution in [0.4, 0.5) is 10.1 Å². The van der Waals surface area contributed by atoms with Crippen LogP contribution in [0.1, 0.15) is 31.0 Å². The summed E-state index contributed by atoms with van der Waals surface area (Å²) < 4.78 is 13.1. The SMILES string of the molecule is Cc1ccc(NC(=O)C[NH2+][C@@H](c2ccc(F)cc2)C(C)C)cc1.